The van der Waals surface area contributed by atoms with E-state index in [1.807, 2.05) is 18.4 Å². The third kappa shape index (κ3) is 5.03. The van der Waals surface area contributed by atoms with Gasteiger partial charge in [-0.05, 0) is 18.4 Å². The lowest BCUT2D eigenvalue weighted by atomic mass is 10.3. The maximum absolute atomic E-state index is 9.40. The fraction of sp³-hybridized carbons (Fsp3) is 0.636. The minimum Gasteiger partial charge on any atom is -0.464 e. The highest BCUT2D eigenvalue weighted by atomic mass is 32.2. The second kappa shape index (κ2) is 7.73. The van der Waals surface area contributed by atoms with Gasteiger partial charge in [0.05, 0.1) is 25.0 Å². The van der Waals surface area contributed by atoms with Crippen LogP contribution in [0.25, 0.3) is 0 Å². The van der Waals surface area contributed by atoms with E-state index in [0.717, 1.165) is 17.3 Å². The summed E-state index contributed by atoms with van der Waals surface area (Å²) >= 11 is 1.73. The van der Waals surface area contributed by atoms with Crippen LogP contribution in [0.3, 0.4) is 0 Å². The first-order valence-electron chi connectivity index (χ1n) is 5.20. The molecule has 4 nitrogen and oxygen atoms in total. The van der Waals surface area contributed by atoms with Gasteiger partial charge in [-0.1, -0.05) is 0 Å². The molecule has 0 amide bonds. The average Bonchev–Trinajstić information content (AvgIpc) is 2.67. The molecule has 0 aliphatic carbocycles. The maximum atomic E-state index is 9.40. The van der Waals surface area contributed by atoms with Gasteiger partial charge in [0, 0.05) is 13.7 Å². The van der Waals surface area contributed by atoms with Crippen LogP contribution < -0.4 is 5.32 Å². The van der Waals surface area contributed by atoms with Crippen LogP contribution in [-0.2, 0) is 17.0 Å². The number of thioether (sulfide) groups is 1. The Labute approximate surface area is 100 Å². The van der Waals surface area contributed by atoms with Gasteiger partial charge in [0.1, 0.15) is 11.5 Å². The van der Waals surface area contributed by atoms with Crippen LogP contribution >= 0.6 is 11.8 Å². The summed E-state index contributed by atoms with van der Waals surface area (Å²) in [6, 6.07) is 3.94. The molecule has 0 radical (unpaired) electrons. The first-order valence-corrected chi connectivity index (χ1v) is 6.60. The Morgan fingerprint density at radius 1 is 1.50 bits per heavy atom. The molecular formula is C11H19NO3S. The quantitative estimate of drug-likeness (QED) is 0.721. The van der Waals surface area contributed by atoms with Gasteiger partial charge in [0.2, 0.25) is 0 Å². The molecule has 1 unspecified atom stereocenters. The number of aliphatic hydroxyl groups excluding tert-OH is 1. The molecule has 0 aliphatic rings. The van der Waals surface area contributed by atoms with Crippen LogP contribution in [0, 0.1) is 0 Å². The first kappa shape index (κ1) is 13.6. The van der Waals surface area contributed by atoms with Crippen molar-refractivity contribution in [1.82, 2.24) is 5.32 Å². The third-order valence-electron chi connectivity index (χ3n) is 2.04. The van der Waals surface area contributed by atoms with Gasteiger partial charge < -0.3 is 19.6 Å². The Kier molecular flexibility index (Phi) is 6.56. The van der Waals surface area contributed by atoms with E-state index < -0.39 is 6.10 Å². The largest absolute Gasteiger partial charge is 0.464 e. The Hall–Kier alpha value is -0.490. The number of methoxy groups -OCH3 is 1. The summed E-state index contributed by atoms with van der Waals surface area (Å²) < 4.78 is 10.4. The number of nitrogens with one attached hydrogen (secondary N) is 1. The molecule has 0 spiro atoms. The average molecular weight is 245 g/mol. The minimum absolute atomic E-state index is 0.350. The monoisotopic (exact) mass is 245 g/mol. The van der Waals surface area contributed by atoms with Gasteiger partial charge in [-0.2, -0.15) is 11.8 Å². The standard InChI is InChI=1S/C11H19NO3S/c1-14-7-9(13)5-12-6-10-3-4-11(15-10)8-16-2/h3-4,9,12-13H,5-8H2,1-2H3. The van der Waals surface area contributed by atoms with Crippen LogP contribution in [0.15, 0.2) is 16.5 Å². The van der Waals surface area contributed by atoms with E-state index in [0.29, 0.717) is 19.7 Å². The Morgan fingerprint density at radius 3 is 2.94 bits per heavy atom. The number of hydrogen-bond acceptors (Lipinski definition) is 5. The van der Waals surface area contributed by atoms with E-state index in [1.54, 1.807) is 18.9 Å². The highest BCUT2D eigenvalue weighted by molar-refractivity contribution is 7.97. The van der Waals surface area contributed by atoms with Crippen LogP contribution in [0.2, 0.25) is 0 Å². The summed E-state index contributed by atoms with van der Waals surface area (Å²) in [5.74, 6) is 2.78. The van der Waals surface area contributed by atoms with Crippen LogP contribution in [0.1, 0.15) is 11.5 Å². The molecule has 1 heterocycles. The molecule has 0 bridgehead atoms. The zero-order valence-corrected chi connectivity index (χ0v) is 10.5. The summed E-state index contributed by atoms with van der Waals surface area (Å²) in [5, 5.41) is 12.5. The van der Waals surface area contributed by atoms with Crippen LogP contribution in [-0.4, -0.2) is 37.7 Å². The van der Waals surface area contributed by atoms with Crippen molar-refractivity contribution in [2.45, 2.75) is 18.4 Å². The van der Waals surface area contributed by atoms with E-state index in [2.05, 4.69) is 5.32 Å². The number of furan rings is 1. The molecule has 0 fully saturated rings. The van der Waals surface area contributed by atoms with Gasteiger partial charge in [-0.15, -0.1) is 0 Å². The van der Waals surface area contributed by atoms with Crippen molar-refractivity contribution in [3.63, 3.8) is 0 Å². The Balaban J connectivity index is 2.21. The zero-order chi connectivity index (χ0) is 11.8. The van der Waals surface area contributed by atoms with Crippen molar-refractivity contribution >= 4 is 11.8 Å². The number of hydrogen-bond donors (Lipinski definition) is 2. The maximum Gasteiger partial charge on any atom is 0.118 e. The lowest BCUT2D eigenvalue weighted by molar-refractivity contribution is 0.0641. The molecule has 5 heteroatoms. The molecule has 0 aliphatic heterocycles. The predicted octanol–water partition coefficient (Wildman–Crippen LogP) is 1.24. The van der Waals surface area contributed by atoms with Crippen molar-refractivity contribution < 1.29 is 14.3 Å². The fourth-order valence-corrected chi connectivity index (χ4v) is 1.79. The molecular weight excluding hydrogens is 226 g/mol. The van der Waals surface area contributed by atoms with E-state index >= 15 is 0 Å². The molecule has 16 heavy (non-hydrogen) atoms. The molecule has 2 N–H and O–H groups in total. The minimum atomic E-state index is -0.467. The third-order valence-corrected chi connectivity index (χ3v) is 2.62. The van der Waals surface area contributed by atoms with Gasteiger partial charge in [-0.25, -0.2) is 0 Å². The van der Waals surface area contributed by atoms with Crippen molar-refractivity contribution in [3.05, 3.63) is 23.7 Å². The number of rotatable bonds is 8. The normalized spacial score (nSPS) is 12.9. The van der Waals surface area contributed by atoms with E-state index in [1.165, 1.54) is 0 Å². The van der Waals surface area contributed by atoms with E-state index in [4.69, 9.17) is 9.15 Å². The molecule has 1 aromatic heterocycles. The van der Waals surface area contributed by atoms with Gasteiger partial charge in [0.15, 0.2) is 0 Å². The molecule has 1 aromatic rings. The number of aliphatic hydroxyl groups is 1. The topological polar surface area (TPSA) is 54.6 Å². The highest BCUT2D eigenvalue weighted by Gasteiger charge is 2.04. The lowest BCUT2D eigenvalue weighted by Gasteiger charge is -2.09. The van der Waals surface area contributed by atoms with E-state index in [-0.39, 0.29) is 0 Å². The van der Waals surface area contributed by atoms with Crippen molar-refractivity contribution in [2.24, 2.45) is 0 Å². The Bertz CT molecular complexity index is 291. The molecule has 0 aromatic carbocycles. The zero-order valence-electron chi connectivity index (χ0n) is 9.73. The molecule has 1 atom stereocenters. The second-order valence-electron chi connectivity index (χ2n) is 3.54. The second-order valence-corrected chi connectivity index (χ2v) is 4.41. The van der Waals surface area contributed by atoms with Gasteiger partial charge >= 0.3 is 0 Å². The van der Waals surface area contributed by atoms with Gasteiger partial charge in [-0.3, -0.25) is 0 Å². The summed E-state index contributed by atoms with van der Waals surface area (Å²) in [4.78, 5) is 0. The summed E-state index contributed by atoms with van der Waals surface area (Å²) in [6.07, 6.45) is 1.58. The van der Waals surface area contributed by atoms with Gasteiger partial charge in [0.25, 0.3) is 0 Å². The van der Waals surface area contributed by atoms with Crippen molar-refractivity contribution in [2.75, 3.05) is 26.5 Å². The summed E-state index contributed by atoms with van der Waals surface area (Å²) in [7, 11) is 1.57. The molecule has 1 rings (SSSR count). The molecule has 0 saturated carbocycles. The SMILES string of the molecule is COCC(O)CNCc1ccc(CSC)o1. The molecule has 0 saturated heterocycles. The Morgan fingerprint density at radius 2 is 2.25 bits per heavy atom. The predicted molar refractivity (Wildman–Crippen MR) is 65.5 cm³/mol. The van der Waals surface area contributed by atoms with Crippen LogP contribution in [0.4, 0.5) is 0 Å². The number of ether oxygens (including phenoxy) is 1. The van der Waals surface area contributed by atoms with Crippen molar-refractivity contribution in [3.8, 4) is 0 Å². The summed E-state index contributed by atoms with van der Waals surface area (Å²) in [5.41, 5.74) is 0. The highest BCUT2D eigenvalue weighted by Crippen LogP contribution is 2.13. The van der Waals surface area contributed by atoms with E-state index in [9.17, 15) is 5.11 Å². The first-order chi connectivity index (χ1) is 7.76. The lowest BCUT2D eigenvalue weighted by Crippen LogP contribution is -2.29. The fourth-order valence-electron chi connectivity index (χ4n) is 1.35. The summed E-state index contributed by atoms with van der Waals surface area (Å²) in [6.45, 7) is 1.49. The van der Waals surface area contributed by atoms with Crippen molar-refractivity contribution in [1.29, 1.82) is 0 Å². The molecule has 92 valence electrons. The van der Waals surface area contributed by atoms with Crippen LogP contribution in [0.5, 0.6) is 0 Å². The smallest absolute Gasteiger partial charge is 0.118 e.